The minimum atomic E-state index is -0.818. The van der Waals surface area contributed by atoms with Crippen molar-refractivity contribution in [1.29, 1.82) is 0 Å². The number of hydrogen-bond donors (Lipinski definition) is 1. The summed E-state index contributed by atoms with van der Waals surface area (Å²) in [6.45, 7) is 2.22. The van der Waals surface area contributed by atoms with Crippen LogP contribution in [0.4, 0.5) is 8.78 Å². The van der Waals surface area contributed by atoms with Gasteiger partial charge in [0.05, 0.1) is 11.0 Å². The molecule has 1 aromatic heterocycles. The summed E-state index contributed by atoms with van der Waals surface area (Å²) in [7, 11) is 0. The fraction of sp³-hybridized carbons (Fsp3) is 0.316. The highest BCUT2D eigenvalue weighted by atomic mass is 19.2. The predicted octanol–water partition coefficient (Wildman–Crippen LogP) is 3.44. The van der Waals surface area contributed by atoms with Gasteiger partial charge in [-0.05, 0) is 42.7 Å². The molecule has 0 radical (unpaired) electrons. The molecule has 2 aromatic carbocycles. The third-order valence-corrected chi connectivity index (χ3v) is 4.94. The van der Waals surface area contributed by atoms with Crippen molar-refractivity contribution in [2.24, 2.45) is 0 Å². The summed E-state index contributed by atoms with van der Waals surface area (Å²) in [5.41, 5.74) is 2.49. The minimum absolute atomic E-state index is 0.0692. The van der Waals surface area contributed by atoms with Gasteiger partial charge < -0.3 is 4.98 Å². The van der Waals surface area contributed by atoms with E-state index >= 15 is 0 Å². The van der Waals surface area contributed by atoms with Gasteiger partial charge in [-0.15, -0.1) is 0 Å². The number of benzene rings is 2. The maximum atomic E-state index is 13.3. The van der Waals surface area contributed by atoms with Crippen LogP contribution in [0.2, 0.25) is 0 Å². The van der Waals surface area contributed by atoms with Crippen LogP contribution in [-0.4, -0.2) is 27.5 Å². The first kappa shape index (κ1) is 16.0. The van der Waals surface area contributed by atoms with Crippen molar-refractivity contribution >= 4 is 11.0 Å². The van der Waals surface area contributed by atoms with Gasteiger partial charge in [0.15, 0.2) is 11.6 Å². The molecule has 4 nitrogen and oxygen atoms in total. The molecule has 1 N–H and O–H groups in total. The molecular weight excluding hydrogens is 324 g/mol. The van der Waals surface area contributed by atoms with Crippen LogP contribution in [0.3, 0.4) is 0 Å². The van der Waals surface area contributed by atoms with Gasteiger partial charge in [0.1, 0.15) is 0 Å². The SMILES string of the molecule is O=c1[nH]c2ccccc2n1C1CCN(Cc2ccc(F)c(F)c2)CC1. The highest BCUT2D eigenvalue weighted by Gasteiger charge is 2.23. The van der Waals surface area contributed by atoms with E-state index in [1.165, 1.54) is 12.1 Å². The lowest BCUT2D eigenvalue weighted by atomic mass is 10.0. The average molecular weight is 343 g/mol. The molecule has 1 aliphatic heterocycles. The van der Waals surface area contributed by atoms with Gasteiger partial charge in [-0.1, -0.05) is 18.2 Å². The van der Waals surface area contributed by atoms with Crippen molar-refractivity contribution in [2.45, 2.75) is 25.4 Å². The van der Waals surface area contributed by atoms with Crippen LogP contribution in [-0.2, 0) is 6.54 Å². The van der Waals surface area contributed by atoms with Crippen molar-refractivity contribution in [3.8, 4) is 0 Å². The summed E-state index contributed by atoms with van der Waals surface area (Å²) in [5, 5.41) is 0. The molecule has 0 atom stereocenters. The fourth-order valence-corrected chi connectivity index (χ4v) is 3.67. The van der Waals surface area contributed by atoms with Crippen molar-refractivity contribution in [3.05, 3.63) is 70.1 Å². The second-order valence-corrected chi connectivity index (χ2v) is 6.57. The monoisotopic (exact) mass is 343 g/mol. The number of hydrogen-bond acceptors (Lipinski definition) is 2. The number of nitrogens with one attached hydrogen (secondary N) is 1. The normalized spacial score (nSPS) is 16.6. The number of para-hydroxylation sites is 2. The molecule has 1 aliphatic rings. The van der Waals surface area contributed by atoms with Crippen LogP contribution >= 0.6 is 0 Å². The first-order valence-electron chi connectivity index (χ1n) is 8.47. The van der Waals surface area contributed by atoms with Crippen LogP contribution in [0.1, 0.15) is 24.4 Å². The molecule has 25 heavy (non-hydrogen) atoms. The van der Waals surface area contributed by atoms with Crippen molar-refractivity contribution in [1.82, 2.24) is 14.5 Å². The molecule has 0 saturated carbocycles. The van der Waals surface area contributed by atoms with E-state index in [2.05, 4.69) is 9.88 Å². The Kier molecular flexibility index (Phi) is 4.13. The smallest absolute Gasteiger partial charge is 0.306 e. The number of piperidine rings is 1. The van der Waals surface area contributed by atoms with Crippen molar-refractivity contribution < 1.29 is 8.78 Å². The molecular formula is C19H19F2N3O. The van der Waals surface area contributed by atoms with E-state index in [0.29, 0.717) is 6.54 Å². The number of nitrogens with zero attached hydrogens (tertiary/aromatic N) is 2. The number of H-pyrrole nitrogens is 1. The average Bonchev–Trinajstić information content (AvgIpc) is 2.95. The second-order valence-electron chi connectivity index (χ2n) is 6.57. The van der Waals surface area contributed by atoms with E-state index in [1.54, 1.807) is 6.07 Å². The lowest BCUT2D eigenvalue weighted by Crippen LogP contribution is -2.36. The summed E-state index contributed by atoms with van der Waals surface area (Å²) in [6, 6.07) is 11.9. The highest BCUT2D eigenvalue weighted by Crippen LogP contribution is 2.25. The van der Waals surface area contributed by atoms with Gasteiger partial charge >= 0.3 is 5.69 Å². The van der Waals surface area contributed by atoms with E-state index in [1.807, 2.05) is 28.8 Å². The van der Waals surface area contributed by atoms with Crippen molar-refractivity contribution in [3.63, 3.8) is 0 Å². The topological polar surface area (TPSA) is 41.0 Å². The van der Waals surface area contributed by atoms with E-state index in [4.69, 9.17) is 0 Å². The van der Waals surface area contributed by atoms with Gasteiger partial charge in [-0.25, -0.2) is 13.6 Å². The quantitative estimate of drug-likeness (QED) is 0.791. The largest absolute Gasteiger partial charge is 0.326 e. The third kappa shape index (κ3) is 3.09. The van der Waals surface area contributed by atoms with Crippen LogP contribution < -0.4 is 5.69 Å². The van der Waals surface area contributed by atoms with E-state index in [9.17, 15) is 13.6 Å². The second kappa shape index (κ2) is 6.44. The molecule has 0 spiro atoms. The molecule has 2 heterocycles. The Hall–Kier alpha value is -2.47. The number of fused-ring (bicyclic) bond motifs is 1. The third-order valence-electron chi connectivity index (χ3n) is 4.94. The summed E-state index contributed by atoms with van der Waals surface area (Å²) >= 11 is 0. The van der Waals surface area contributed by atoms with Crippen LogP contribution in [0.15, 0.2) is 47.3 Å². The van der Waals surface area contributed by atoms with E-state index < -0.39 is 11.6 Å². The zero-order valence-electron chi connectivity index (χ0n) is 13.7. The van der Waals surface area contributed by atoms with Gasteiger partial charge in [0.25, 0.3) is 0 Å². The Morgan fingerprint density at radius 3 is 2.56 bits per heavy atom. The molecule has 3 aromatic rings. The lowest BCUT2D eigenvalue weighted by molar-refractivity contribution is 0.179. The standard InChI is InChI=1S/C19H19F2N3O/c20-15-6-5-13(11-16(15)21)12-23-9-7-14(8-10-23)24-18-4-2-1-3-17(18)22-19(24)25/h1-6,11,14H,7-10,12H2,(H,22,25). The van der Waals surface area contributed by atoms with Crippen LogP contribution in [0.5, 0.6) is 0 Å². The number of rotatable bonds is 3. The maximum absolute atomic E-state index is 13.3. The van der Waals surface area contributed by atoms with Crippen molar-refractivity contribution in [2.75, 3.05) is 13.1 Å². The molecule has 0 aliphatic carbocycles. The zero-order valence-corrected chi connectivity index (χ0v) is 13.7. The predicted molar refractivity (Wildman–Crippen MR) is 92.5 cm³/mol. The van der Waals surface area contributed by atoms with Gasteiger partial charge in [0, 0.05) is 25.7 Å². The Labute approximate surface area is 143 Å². The number of imidazole rings is 1. The minimum Gasteiger partial charge on any atom is -0.306 e. The lowest BCUT2D eigenvalue weighted by Gasteiger charge is -2.32. The van der Waals surface area contributed by atoms with E-state index in [-0.39, 0.29) is 11.7 Å². The Balaban J connectivity index is 1.47. The molecule has 130 valence electrons. The summed E-state index contributed by atoms with van der Waals surface area (Å²) in [5.74, 6) is -1.63. The number of likely N-dealkylation sites (tertiary alicyclic amines) is 1. The first-order valence-corrected chi connectivity index (χ1v) is 8.47. The Morgan fingerprint density at radius 1 is 1.04 bits per heavy atom. The molecule has 0 unspecified atom stereocenters. The molecule has 6 heteroatoms. The highest BCUT2D eigenvalue weighted by molar-refractivity contribution is 5.75. The van der Waals surface area contributed by atoms with Gasteiger partial charge in [-0.3, -0.25) is 9.47 Å². The molecule has 0 bridgehead atoms. The van der Waals surface area contributed by atoms with Gasteiger partial charge in [-0.2, -0.15) is 0 Å². The number of halogens is 2. The molecule has 0 amide bonds. The Morgan fingerprint density at radius 2 is 1.80 bits per heavy atom. The summed E-state index contributed by atoms with van der Waals surface area (Å²) in [4.78, 5) is 17.4. The number of aromatic amines is 1. The zero-order chi connectivity index (χ0) is 17.4. The number of aromatic nitrogens is 2. The Bertz CT molecular complexity index is 955. The molecule has 1 saturated heterocycles. The first-order chi connectivity index (χ1) is 12.1. The maximum Gasteiger partial charge on any atom is 0.326 e. The van der Waals surface area contributed by atoms with Gasteiger partial charge in [0.2, 0.25) is 0 Å². The summed E-state index contributed by atoms with van der Waals surface area (Å²) < 4.78 is 28.2. The summed E-state index contributed by atoms with van der Waals surface area (Å²) in [6.07, 6.45) is 1.71. The molecule has 1 fully saturated rings. The molecule has 4 rings (SSSR count). The van der Waals surface area contributed by atoms with Crippen LogP contribution in [0, 0.1) is 11.6 Å². The van der Waals surface area contributed by atoms with E-state index in [0.717, 1.165) is 42.5 Å². The van der Waals surface area contributed by atoms with Crippen LogP contribution in [0.25, 0.3) is 11.0 Å². The fourth-order valence-electron chi connectivity index (χ4n) is 3.67.